The number of nitrogens with one attached hydrogen (secondary N) is 1. The highest BCUT2D eigenvalue weighted by atomic mass is 79.9. The van der Waals surface area contributed by atoms with Crippen LogP contribution in [0, 0.1) is 0 Å². The molecule has 0 aromatic heterocycles. The monoisotopic (exact) mass is 432 g/mol. The van der Waals surface area contributed by atoms with E-state index in [1.807, 2.05) is 12.1 Å². The lowest BCUT2D eigenvalue weighted by Crippen LogP contribution is -2.50. The van der Waals surface area contributed by atoms with Crippen LogP contribution in [0.3, 0.4) is 0 Å². The highest BCUT2D eigenvalue weighted by Crippen LogP contribution is 2.19. The number of benzene rings is 1. The molecule has 6 nitrogen and oxygen atoms in total. The molecule has 0 bridgehead atoms. The first-order valence-electron chi connectivity index (χ1n) is 8.27. The molecular formula is C17H25BrN2O4S. The number of rotatable bonds is 4. The molecule has 8 heteroatoms. The molecule has 1 heterocycles. The molecule has 1 saturated heterocycles. The van der Waals surface area contributed by atoms with E-state index < -0.39 is 21.7 Å². The Bertz CT molecular complexity index is 698. The summed E-state index contributed by atoms with van der Waals surface area (Å²) in [4.78, 5) is 11.9. The van der Waals surface area contributed by atoms with Crippen molar-refractivity contribution in [3.05, 3.63) is 34.3 Å². The van der Waals surface area contributed by atoms with E-state index in [0.29, 0.717) is 13.0 Å². The van der Waals surface area contributed by atoms with Crippen molar-refractivity contribution in [2.24, 2.45) is 0 Å². The fraction of sp³-hybridized carbons (Fsp3) is 0.588. The van der Waals surface area contributed by atoms with Gasteiger partial charge in [0.15, 0.2) is 0 Å². The maximum atomic E-state index is 12.7. The second-order valence-electron chi connectivity index (χ2n) is 7.23. The van der Waals surface area contributed by atoms with Crippen LogP contribution in [-0.2, 0) is 20.5 Å². The molecule has 1 fully saturated rings. The van der Waals surface area contributed by atoms with E-state index in [1.165, 1.54) is 4.31 Å². The fourth-order valence-electron chi connectivity index (χ4n) is 2.67. The van der Waals surface area contributed by atoms with Crippen molar-refractivity contribution >= 4 is 32.0 Å². The van der Waals surface area contributed by atoms with Gasteiger partial charge < -0.3 is 10.1 Å². The van der Waals surface area contributed by atoms with Crippen molar-refractivity contribution in [2.45, 2.75) is 51.0 Å². The van der Waals surface area contributed by atoms with Gasteiger partial charge in [-0.1, -0.05) is 28.1 Å². The van der Waals surface area contributed by atoms with Gasteiger partial charge in [0.2, 0.25) is 10.0 Å². The summed E-state index contributed by atoms with van der Waals surface area (Å²) in [6, 6.07) is 7.01. The molecule has 1 atom stereocenters. The van der Waals surface area contributed by atoms with Gasteiger partial charge >= 0.3 is 6.09 Å². The van der Waals surface area contributed by atoms with Crippen molar-refractivity contribution in [3.63, 3.8) is 0 Å². The standard InChI is InChI=1S/C17H25BrN2O4S/c1-17(2,3)24-16(21)19-15-5-4-10-20(11-15)25(22,23)12-13-6-8-14(18)9-7-13/h6-9,15H,4-5,10-12H2,1-3H3,(H,19,21)/t15-/m0/s1. The molecule has 0 spiro atoms. The number of carbonyl (C=O) groups is 1. The van der Waals surface area contributed by atoms with Crippen LogP contribution in [0.15, 0.2) is 28.7 Å². The van der Waals surface area contributed by atoms with Crippen LogP contribution in [0.5, 0.6) is 0 Å². The first-order valence-corrected chi connectivity index (χ1v) is 10.7. The zero-order chi connectivity index (χ0) is 18.7. The molecule has 0 radical (unpaired) electrons. The van der Waals surface area contributed by atoms with Crippen LogP contribution in [0.4, 0.5) is 4.79 Å². The van der Waals surface area contributed by atoms with Crippen LogP contribution >= 0.6 is 15.9 Å². The Labute approximate surface area is 158 Å². The van der Waals surface area contributed by atoms with Crippen LogP contribution in [-0.4, -0.2) is 43.5 Å². The summed E-state index contributed by atoms with van der Waals surface area (Å²) in [6.45, 7) is 6.14. The zero-order valence-electron chi connectivity index (χ0n) is 14.8. The van der Waals surface area contributed by atoms with Crippen molar-refractivity contribution in [3.8, 4) is 0 Å². The maximum absolute atomic E-state index is 12.7. The lowest BCUT2D eigenvalue weighted by Gasteiger charge is -2.32. The predicted octanol–water partition coefficient (Wildman–Crippen LogP) is 3.27. The quantitative estimate of drug-likeness (QED) is 0.791. The minimum atomic E-state index is -3.43. The molecule has 140 valence electrons. The molecule has 2 rings (SSSR count). The summed E-state index contributed by atoms with van der Waals surface area (Å²) in [6.07, 6.45) is 0.938. The van der Waals surface area contributed by atoms with Gasteiger partial charge in [0.1, 0.15) is 5.60 Å². The van der Waals surface area contributed by atoms with Crippen LogP contribution in [0.2, 0.25) is 0 Å². The third-order valence-electron chi connectivity index (χ3n) is 3.76. The van der Waals surface area contributed by atoms with Crippen LogP contribution in [0.1, 0.15) is 39.2 Å². The van der Waals surface area contributed by atoms with Gasteiger partial charge in [-0.05, 0) is 51.3 Å². The SMILES string of the molecule is CC(C)(C)OC(=O)N[C@H]1CCCN(S(=O)(=O)Cc2ccc(Br)cc2)C1. The number of hydrogen-bond acceptors (Lipinski definition) is 4. The predicted molar refractivity (Wildman–Crippen MR) is 101 cm³/mol. The van der Waals surface area contributed by atoms with E-state index in [-0.39, 0.29) is 18.3 Å². The lowest BCUT2D eigenvalue weighted by atomic mass is 10.1. The Morgan fingerprint density at radius 2 is 1.96 bits per heavy atom. The Morgan fingerprint density at radius 3 is 2.56 bits per heavy atom. The van der Waals surface area contributed by atoms with Crippen molar-refractivity contribution in [1.82, 2.24) is 9.62 Å². The van der Waals surface area contributed by atoms with E-state index >= 15 is 0 Å². The van der Waals surface area contributed by atoms with Gasteiger partial charge in [-0.2, -0.15) is 4.31 Å². The number of alkyl carbamates (subject to hydrolysis) is 1. The number of amides is 1. The Kier molecular flexibility index (Phi) is 6.51. The Hall–Kier alpha value is -1.12. The van der Waals surface area contributed by atoms with Gasteiger partial charge in [0, 0.05) is 23.6 Å². The first-order chi connectivity index (χ1) is 11.5. The smallest absolute Gasteiger partial charge is 0.407 e. The molecule has 0 aliphatic carbocycles. The minimum Gasteiger partial charge on any atom is -0.444 e. The number of nitrogens with zero attached hydrogens (tertiary/aromatic N) is 1. The van der Waals surface area contributed by atoms with E-state index in [2.05, 4.69) is 21.2 Å². The molecule has 1 amide bonds. The lowest BCUT2D eigenvalue weighted by molar-refractivity contribution is 0.0487. The third-order valence-corrected chi connectivity index (χ3v) is 6.11. The number of sulfonamides is 1. The number of carbonyl (C=O) groups excluding carboxylic acids is 1. The topological polar surface area (TPSA) is 75.7 Å². The van der Waals surface area contributed by atoms with Crippen LogP contribution in [0.25, 0.3) is 0 Å². The molecule has 1 aromatic carbocycles. The first kappa shape index (κ1) is 20.2. The molecule has 0 unspecified atom stereocenters. The summed E-state index contributed by atoms with van der Waals surface area (Å²) in [5, 5.41) is 2.78. The molecule has 1 aliphatic heterocycles. The third kappa shape index (κ3) is 6.60. The minimum absolute atomic E-state index is 0.0422. The highest BCUT2D eigenvalue weighted by molar-refractivity contribution is 9.10. The zero-order valence-corrected chi connectivity index (χ0v) is 17.2. The normalized spacial score (nSPS) is 19.4. The van der Waals surface area contributed by atoms with E-state index in [9.17, 15) is 13.2 Å². The average molecular weight is 433 g/mol. The largest absolute Gasteiger partial charge is 0.444 e. The van der Waals surface area contributed by atoms with Crippen molar-refractivity contribution < 1.29 is 17.9 Å². The molecule has 1 aromatic rings. The molecule has 1 aliphatic rings. The number of hydrogen-bond donors (Lipinski definition) is 1. The fourth-order valence-corrected chi connectivity index (χ4v) is 4.54. The average Bonchev–Trinajstić information content (AvgIpc) is 2.48. The van der Waals surface area contributed by atoms with Crippen LogP contribution < -0.4 is 5.32 Å². The van der Waals surface area contributed by atoms with E-state index in [4.69, 9.17) is 4.74 Å². The number of ether oxygens (including phenoxy) is 1. The van der Waals surface area contributed by atoms with Gasteiger partial charge in [0.05, 0.1) is 5.75 Å². The van der Waals surface area contributed by atoms with Gasteiger partial charge in [-0.3, -0.25) is 0 Å². The second kappa shape index (κ2) is 8.05. The summed E-state index contributed by atoms with van der Waals surface area (Å²) in [7, 11) is -3.43. The van der Waals surface area contributed by atoms with Crippen molar-refractivity contribution in [1.29, 1.82) is 0 Å². The summed E-state index contributed by atoms with van der Waals surface area (Å²) >= 11 is 3.34. The highest BCUT2D eigenvalue weighted by Gasteiger charge is 2.30. The Morgan fingerprint density at radius 1 is 1.32 bits per heavy atom. The maximum Gasteiger partial charge on any atom is 0.407 e. The molecule has 1 N–H and O–H groups in total. The summed E-state index contributed by atoms with van der Waals surface area (Å²) in [5.74, 6) is -0.0422. The molecule has 0 saturated carbocycles. The van der Waals surface area contributed by atoms with E-state index in [0.717, 1.165) is 16.5 Å². The molecular weight excluding hydrogens is 408 g/mol. The number of halogens is 1. The second-order valence-corrected chi connectivity index (χ2v) is 10.1. The summed E-state index contributed by atoms with van der Waals surface area (Å²) in [5.41, 5.74) is 0.164. The summed E-state index contributed by atoms with van der Waals surface area (Å²) < 4.78 is 33.0. The van der Waals surface area contributed by atoms with Gasteiger partial charge in [0.25, 0.3) is 0 Å². The van der Waals surface area contributed by atoms with Gasteiger partial charge in [-0.25, -0.2) is 13.2 Å². The van der Waals surface area contributed by atoms with Gasteiger partial charge in [-0.15, -0.1) is 0 Å². The van der Waals surface area contributed by atoms with E-state index in [1.54, 1.807) is 32.9 Å². The molecule has 25 heavy (non-hydrogen) atoms. The Balaban J connectivity index is 1.97. The number of piperidine rings is 1. The van der Waals surface area contributed by atoms with Crippen molar-refractivity contribution in [2.75, 3.05) is 13.1 Å².